The maximum Gasteiger partial charge on any atom is 0.293 e. The Labute approximate surface area is 100 Å². The predicted molar refractivity (Wildman–Crippen MR) is 60.2 cm³/mol. The number of hydrogen-bond donors (Lipinski definition) is 0. The minimum Gasteiger partial charge on any atom is -0.348 e. The summed E-state index contributed by atoms with van der Waals surface area (Å²) in [6, 6.07) is -0.482. The normalized spacial score (nSPS) is 31.5. The Morgan fingerprint density at radius 2 is 2.24 bits per heavy atom. The van der Waals surface area contributed by atoms with Gasteiger partial charge in [0, 0.05) is 6.54 Å². The quantitative estimate of drug-likeness (QED) is 0.407. The van der Waals surface area contributed by atoms with E-state index < -0.39 is 17.7 Å². The molecule has 2 aliphatic heterocycles. The maximum atomic E-state index is 11.6. The molecule has 0 aromatic carbocycles. The van der Waals surface area contributed by atoms with Crippen molar-refractivity contribution in [2.75, 3.05) is 13.2 Å². The van der Waals surface area contributed by atoms with Crippen LogP contribution >= 0.6 is 0 Å². The van der Waals surface area contributed by atoms with E-state index in [4.69, 9.17) is 9.47 Å². The predicted octanol–water partition coefficient (Wildman–Crippen LogP) is 0.494. The summed E-state index contributed by atoms with van der Waals surface area (Å²) in [6.45, 7) is 8.06. The molecule has 0 saturated carbocycles. The third-order valence-electron chi connectivity index (χ3n) is 3.03. The third kappa shape index (κ3) is 2.12. The first-order valence-corrected chi connectivity index (χ1v) is 5.74. The van der Waals surface area contributed by atoms with Crippen molar-refractivity contribution in [2.45, 2.75) is 38.2 Å². The number of likely N-dealkylation sites (tertiary alicyclic amines) is 1. The highest BCUT2D eigenvalue weighted by molar-refractivity contribution is 6.44. The van der Waals surface area contributed by atoms with Gasteiger partial charge < -0.3 is 14.4 Å². The number of ketones is 1. The van der Waals surface area contributed by atoms with Gasteiger partial charge in [0.05, 0.1) is 6.61 Å². The topological polar surface area (TPSA) is 55.8 Å². The molecule has 2 fully saturated rings. The fraction of sp³-hybridized carbons (Fsp3) is 0.667. The molecule has 17 heavy (non-hydrogen) atoms. The molecule has 0 unspecified atom stereocenters. The van der Waals surface area contributed by atoms with Crippen LogP contribution < -0.4 is 0 Å². The zero-order valence-electron chi connectivity index (χ0n) is 10.1. The molecule has 2 heterocycles. The van der Waals surface area contributed by atoms with Gasteiger partial charge in [0.1, 0.15) is 12.1 Å². The molecule has 5 nitrogen and oxygen atoms in total. The van der Waals surface area contributed by atoms with Gasteiger partial charge in [0.25, 0.3) is 5.91 Å². The van der Waals surface area contributed by atoms with E-state index in [1.807, 2.05) is 0 Å². The van der Waals surface area contributed by atoms with Crippen LogP contribution in [0.25, 0.3) is 0 Å². The summed E-state index contributed by atoms with van der Waals surface area (Å²) in [6.07, 6.45) is 2.05. The SMILES string of the molecule is C=CCCN1C(=O)C(=O)[C@@H]1[C@H]1COC(C)(C)O1. The van der Waals surface area contributed by atoms with Crippen LogP contribution in [0.1, 0.15) is 20.3 Å². The lowest BCUT2D eigenvalue weighted by Crippen LogP contribution is -2.67. The molecule has 5 heteroatoms. The Morgan fingerprint density at radius 3 is 2.76 bits per heavy atom. The van der Waals surface area contributed by atoms with Crippen LogP contribution in [0, 0.1) is 0 Å². The van der Waals surface area contributed by atoms with Crippen LogP contribution in [0.4, 0.5) is 0 Å². The van der Waals surface area contributed by atoms with Crippen molar-refractivity contribution >= 4 is 11.7 Å². The van der Waals surface area contributed by atoms with E-state index in [9.17, 15) is 9.59 Å². The summed E-state index contributed by atoms with van der Waals surface area (Å²) in [5.74, 6) is -1.47. The van der Waals surface area contributed by atoms with Gasteiger partial charge in [0.2, 0.25) is 5.78 Å². The van der Waals surface area contributed by atoms with Gasteiger partial charge >= 0.3 is 0 Å². The van der Waals surface area contributed by atoms with Crippen LogP contribution in [0.5, 0.6) is 0 Å². The summed E-state index contributed by atoms with van der Waals surface area (Å²) in [4.78, 5) is 24.6. The summed E-state index contributed by atoms with van der Waals surface area (Å²) in [5.41, 5.74) is 0. The van der Waals surface area contributed by atoms with E-state index in [0.29, 0.717) is 19.6 Å². The lowest BCUT2D eigenvalue weighted by molar-refractivity contribution is -0.175. The lowest BCUT2D eigenvalue weighted by atomic mass is 9.94. The van der Waals surface area contributed by atoms with Crippen LogP contribution in [0.15, 0.2) is 12.7 Å². The lowest BCUT2D eigenvalue weighted by Gasteiger charge is -2.41. The fourth-order valence-electron chi connectivity index (χ4n) is 2.18. The van der Waals surface area contributed by atoms with Gasteiger partial charge in [-0.1, -0.05) is 6.08 Å². The molecule has 0 N–H and O–H groups in total. The van der Waals surface area contributed by atoms with E-state index >= 15 is 0 Å². The van der Waals surface area contributed by atoms with E-state index in [2.05, 4.69) is 6.58 Å². The van der Waals surface area contributed by atoms with Gasteiger partial charge in [-0.2, -0.15) is 0 Å². The highest BCUT2D eigenvalue weighted by atomic mass is 16.7. The molecule has 2 aliphatic rings. The molecule has 0 aromatic heterocycles. The molecule has 1 amide bonds. The zero-order valence-corrected chi connectivity index (χ0v) is 10.1. The summed E-state index contributed by atoms with van der Waals surface area (Å²) in [5, 5.41) is 0. The van der Waals surface area contributed by atoms with Gasteiger partial charge in [-0.25, -0.2) is 0 Å². The minimum atomic E-state index is -0.673. The number of carbonyl (C=O) groups excluding carboxylic acids is 2. The number of β-lactam (4-membered cyclic amide) rings is 1. The highest BCUT2D eigenvalue weighted by Crippen LogP contribution is 2.30. The highest BCUT2D eigenvalue weighted by Gasteiger charge is 2.53. The van der Waals surface area contributed by atoms with Gasteiger partial charge in [-0.05, 0) is 20.3 Å². The van der Waals surface area contributed by atoms with Gasteiger partial charge in [-0.3, -0.25) is 9.59 Å². The zero-order chi connectivity index (χ0) is 12.6. The van der Waals surface area contributed by atoms with Crippen LogP contribution in [0.2, 0.25) is 0 Å². The molecule has 2 rings (SSSR count). The largest absolute Gasteiger partial charge is 0.348 e. The number of carbonyl (C=O) groups is 2. The summed E-state index contributed by atoms with van der Waals surface area (Å²) < 4.78 is 11.0. The Kier molecular flexibility index (Phi) is 3.05. The van der Waals surface area contributed by atoms with E-state index in [0.717, 1.165) is 0 Å². The first-order valence-electron chi connectivity index (χ1n) is 5.74. The molecule has 0 aromatic rings. The minimum absolute atomic E-state index is 0.347. The number of ether oxygens (including phenoxy) is 2. The fourth-order valence-corrected chi connectivity index (χ4v) is 2.18. The van der Waals surface area contributed by atoms with Crippen molar-refractivity contribution in [3.63, 3.8) is 0 Å². The second kappa shape index (κ2) is 4.23. The first kappa shape index (κ1) is 12.3. The molecule has 0 aliphatic carbocycles. The monoisotopic (exact) mass is 239 g/mol. The number of amides is 1. The summed E-state index contributed by atoms with van der Waals surface area (Å²) >= 11 is 0. The second-order valence-corrected chi connectivity index (χ2v) is 4.75. The van der Waals surface area contributed by atoms with Gasteiger partial charge in [-0.15, -0.1) is 6.58 Å². The maximum absolute atomic E-state index is 11.6. The van der Waals surface area contributed by atoms with Crippen LogP contribution in [-0.2, 0) is 19.1 Å². The molecule has 94 valence electrons. The Morgan fingerprint density at radius 1 is 1.53 bits per heavy atom. The summed E-state index contributed by atoms with van der Waals surface area (Å²) in [7, 11) is 0. The van der Waals surface area contributed by atoms with Crippen molar-refractivity contribution < 1.29 is 19.1 Å². The Balaban J connectivity index is 2.02. The van der Waals surface area contributed by atoms with Crippen LogP contribution in [0.3, 0.4) is 0 Å². The Bertz CT molecular complexity index is 364. The second-order valence-electron chi connectivity index (χ2n) is 4.75. The molecule has 0 bridgehead atoms. The first-order chi connectivity index (χ1) is 7.96. The van der Waals surface area contributed by atoms with Crippen molar-refractivity contribution in [1.82, 2.24) is 4.90 Å². The van der Waals surface area contributed by atoms with E-state index in [1.165, 1.54) is 0 Å². The number of hydrogen-bond acceptors (Lipinski definition) is 4. The molecule has 2 saturated heterocycles. The van der Waals surface area contributed by atoms with Gasteiger partial charge in [0.15, 0.2) is 5.79 Å². The van der Waals surface area contributed by atoms with Crippen molar-refractivity contribution in [3.8, 4) is 0 Å². The van der Waals surface area contributed by atoms with E-state index in [1.54, 1.807) is 24.8 Å². The standard InChI is InChI=1S/C12H17NO4/c1-4-5-6-13-9(10(14)11(13)15)8-7-16-12(2,3)17-8/h4,8-9H,1,5-7H2,2-3H3/t8-,9+/m1/s1. The average Bonchev–Trinajstić information content (AvgIpc) is 2.63. The third-order valence-corrected chi connectivity index (χ3v) is 3.03. The average molecular weight is 239 g/mol. The van der Waals surface area contributed by atoms with Crippen molar-refractivity contribution in [3.05, 3.63) is 12.7 Å². The molecule has 2 atom stereocenters. The number of nitrogens with zero attached hydrogens (tertiary/aromatic N) is 1. The number of Topliss-reactive ketones (excluding diaryl/α,β-unsaturated/α-hetero) is 1. The van der Waals surface area contributed by atoms with Crippen molar-refractivity contribution in [1.29, 1.82) is 0 Å². The molecular formula is C12H17NO4. The van der Waals surface area contributed by atoms with Crippen molar-refractivity contribution in [2.24, 2.45) is 0 Å². The number of rotatable bonds is 4. The molecule has 0 spiro atoms. The molecule has 0 radical (unpaired) electrons. The Hall–Kier alpha value is -1.20. The van der Waals surface area contributed by atoms with E-state index in [-0.39, 0.29) is 11.9 Å². The van der Waals surface area contributed by atoms with Crippen LogP contribution in [-0.4, -0.2) is 47.7 Å². The molecular weight excluding hydrogens is 222 g/mol. The smallest absolute Gasteiger partial charge is 0.293 e.